The predicted octanol–water partition coefficient (Wildman–Crippen LogP) is 1.70. The Labute approximate surface area is 83.2 Å². The van der Waals surface area contributed by atoms with E-state index in [1.165, 1.54) is 18.2 Å². The molecular weight excluding hydrogens is 211 g/mol. The molecule has 0 saturated carbocycles. The van der Waals surface area contributed by atoms with E-state index < -0.39 is 17.8 Å². The third-order valence-corrected chi connectivity index (χ3v) is 1.55. The van der Waals surface area contributed by atoms with Crippen LogP contribution in [0.15, 0.2) is 24.3 Å². The van der Waals surface area contributed by atoms with Crippen LogP contribution in [-0.2, 0) is 6.18 Å². The Morgan fingerprint density at radius 2 is 1.87 bits per heavy atom. The van der Waals surface area contributed by atoms with E-state index in [1.807, 2.05) is 5.43 Å². The van der Waals surface area contributed by atoms with Gasteiger partial charge in [0.2, 0.25) is 0 Å². The number of amides is 2. The minimum atomic E-state index is -4.48. The number of anilines is 1. The molecule has 0 aliphatic carbocycles. The molecule has 0 radical (unpaired) electrons. The number of urea groups is 1. The highest BCUT2D eigenvalue weighted by molar-refractivity contribution is 5.73. The van der Waals surface area contributed by atoms with Crippen LogP contribution >= 0.6 is 0 Å². The molecule has 0 aliphatic rings. The average Bonchev–Trinajstić information content (AvgIpc) is 2.13. The van der Waals surface area contributed by atoms with Gasteiger partial charge in [-0.05, 0) is 12.1 Å². The Hall–Kier alpha value is -1.92. The Morgan fingerprint density at radius 1 is 1.27 bits per heavy atom. The Kier molecular flexibility index (Phi) is 3.03. The first-order valence-electron chi connectivity index (χ1n) is 3.89. The van der Waals surface area contributed by atoms with Crippen molar-refractivity contribution in [3.05, 3.63) is 29.8 Å². The second kappa shape index (κ2) is 4.07. The lowest BCUT2D eigenvalue weighted by Gasteiger charge is -2.13. The minimum absolute atomic E-state index is 0.260. The molecule has 15 heavy (non-hydrogen) atoms. The maximum Gasteiger partial charge on any atom is 0.418 e. The average molecular weight is 219 g/mol. The molecule has 4 nitrogen and oxygen atoms in total. The van der Waals surface area contributed by atoms with E-state index in [9.17, 15) is 18.0 Å². The van der Waals surface area contributed by atoms with E-state index in [0.29, 0.717) is 0 Å². The number of carbonyl (C=O) groups is 1. The number of primary amides is 1. The van der Waals surface area contributed by atoms with Gasteiger partial charge in [-0.2, -0.15) is 13.2 Å². The number of nitrogens with one attached hydrogen (secondary N) is 2. The summed E-state index contributed by atoms with van der Waals surface area (Å²) in [4.78, 5) is 10.3. The summed E-state index contributed by atoms with van der Waals surface area (Å²) in [5.41, 5.74) is 7.51. The van der Waals surface area contributed by atoms with Crippen LogP contribution in [0.2, 0.25) is 0 Å². The van der Waals surface area contributed by atoms with Crippen molar-refractivity contribution in [2.45, 2.75) is 6.18 Å². The first-order chi connectivity index (χ1) is 6.91. The van der Waals surface area contributed by atoms with Gasteiger partial charge in [-0.25, -0.2) is 4.79 Å². The summed E-state index contributed by atoms with van der Waals surface area (Å²) in [6, 6.07) is 3.76. The third kappa shape index (κ3) is 3.04. The van der Waals surface area contributed by atoms with Crippen molar-refractivity contribution >= 4 is 11.7 Å². The number of alkyl halides is 3. The lowest BCUT2D eigenvalue weighted by Crippen LogP contribution is -2.34. The molecule has 1 rings (SSSR count). The zero-order valence-electron chi connectivity index (χ0n) is 7.43. The Morgan fingerprint density at radius 3 is 2.40 bits per heavy atom. The topological polar surface area (TPSA) is 67.2 Å². The van der Waals surface area contributed by atoms with Gasteiger partial charge in [0.1, 0.15) is 0 Å². The number of halogens is 3. The lowest BCUT2D eigenvalue weighted by molar-refractivity contribution is -0.137. The van der Waals surface area contributed by atoms with Crippen LogP contribution in [0, 0.1) is 0 Å². The summed E-state index contributed by atoms with van der Waals surface area (Å²) in [6.45, 7) is 0. The van der Waals surface area contributed by atoms with Crippen LogP contribution < -0.4 is 16.6 Å². The largest absolute Gasteiger partial charge is 0.418 e. The number of benzene rings is 1. The number of hydrogen-bond acceptors (Lipinski definition) is 2. The molecule has 7 heteroatoms. The Bertz CT molecular complexity index is 364. The molecule has 0 spiro atoms. The minimum Gasteiger partial charge on any atom is -0.350 e. The molecule has 1 aromatic rings. The van der Waals surface area contributed by atoms with E-state index in [4.69, 9.17) is 5.73 Å². The molecule has 0 heterocycles. The molecule has 4 N–H and O–H groups in total. The zero-order chi connectivity index (χ0) is 11.5. The van der Waals surface area contributed by atoms with Crippen molar-refractivity contribution in [1.29, 1.82) is 0 Å². The molecule has 0 unspecified atom stereocenters. The fourth-order valence-corrected chi connectivity index (χ4v) is 0.968. The number of nitrogens with two attached hydrogens (primary N) is 1. The highest BCUT2D eigenvalue weighted by Crippen LogP contribution is 2.34. The van der Waals surface area contributed by atoms with E-state index >= 15 is 0 Å². The first-order valence-corrected chi connectivity index (χ1v) is 3.89. The van der Waals surface area contributed by atoms with E-state index in [2.05, 4.69) is 5.43 Å². The molecule has 0 aromatic heterocycles. The summed E-state index contributed by atoms with van der Waals surface area (Å²) < 4.78 is 37.2. The van der Waals surface area contributed by atoms with Crippen molar-refractivity contribution in [2.24, 2.45) is 5.73 Å². The first kappa shape index (κ1) is 11.2. The van der Waals surface area contributed by atoms with Crippen LogP contribution in [0.25, 0.3) is 0 Å². The second-order valence-electron chi connectivity index (χ2n) is 2.66. The standard InChI is InChI=1S/C8H8F3N3O/c9-8(10,11)5-3-1-2-4-6(5)13-14-7(12)15/h1-4,13H,(H3,12,14,15). The quantitative estimate of drug-likeness (QED) is 0.662. The van der Waals surface area contributed by atoms with Crippen molar-refractivity contribution < 1.29 is 18.0 Å². The lowest BCUT2D eigenvalue weighted by atomic mass is 10.2. The molecule has 1 aromatic carbocycles. The van der Waals surface area contributed by atoms with E-state index in [0.717, 1.165) is 6.07 Å². The molecule has 0 fully saturated rings. The molecular formula is C8H8F3N3O. The van der Waals surface area contributed by atoms with Gasteiger partial charge in [0.05, 0.1) is 11.3 Å². The fraction of sp³-hybridized carbons (Fsp3) is 0.125. The molecule has 82 valence electrons. The van der Waals surface area contributed by atoms with Crippen molar-refractivity contribution in [1.82, 2.24) is 5.43 Å². The monoisotopic (exact) mass is 219 g/mol. The van der Waals surface area contributed by atoms with Crippen molar-refractivity contribution in [3.63, 3.8) is 0 Å². The summed E-state index contributed by atoms with van der Waals surface area (Å²) >= 11 is 0. The van der Waals surface area contributed by atoms with Crippen LogP contribution in [0.5, 0.6) is 0 Å². The maximum atomic E-state index is 12.4. The molecule has 0 saturated heterocycles. The fourth-order valence-electron chi connectivity index (χ4n) is 0.968. The van der Waals surface area contributed by atoms with Crippen molar-refractivity contribution in [3.8, 4) is 0 Å². The predicted molar refractivity (Wildman–Crippen MR) is 47.8 cm³/mol. The highest BCUT2D eigenvalue weighted by atomic mass is 19.4. The summed E-state index contributed by atoms with van der Waals surface area (Å²) in [5.74, 6) is 0. The van der Waals surface area contributed by atoms with Gasteiger partial charge in [0.25, 0.3) is 0 Å². The number of para-hydroxylation sites is 1. The third-order valence-electron chi connectivity index (χ3n) is 1.55. The number of rotatable bonds is 2. The summed E-state index contributed by atoms with van der Waals surface area (Å²) in [5, 5.41) is 0. The van der Waals surface area contributed by atoms with Crippen LogP contribution in [0.1, 0.15) is 5.56 Å². The molecule has 0 bridgehead atoms. The molecule has 2 amide bonds. The van der Waals surface area contributed by atoms with Crippen molar-refractivity contribution in [2.75, 3.05) is 5.43 Å². The molecule has 0 aliphatic heterocycles. The number of hydrazine groups is 1. The normalized spacial score (nSPS) is 10.9. The number of hydrogen-bond donors (Lipinski definition) is 3. The van der Waals surface area contributed by atoms with Crippen LogP contribution in [-0.4, -0.2) is 6.03 Å². The highest BCUT2D eigenvalue weighted by Gasteiger charge is 2.33. The van der Waals surface area contributed by atoms with Gasteiger partial charge in [0, 0.05) is 0 Å². The SMILES string of the molecule is NC(=O)NNc1ccccc1C(F)(F)F. The van der Waals surface area contributed by atoms with E-state index in [1.54, 1.807) is 0 Å². The van der Waals surface area contributed by atoms with Crippen LogP contribution in [0.4, 0.5) is 23.7 Å². The van der Waals surface area contributed by atoms with Gasteiger partial charge in [-0.15, -0.1) is 0 Å². The van der Waals surface area contributed by atoms with Gasteiger partial charge in [0.15, 0.2) is 0 Å². The zero-order valence-corrected chi connectivity index (χ0v) is 7.43. The maximum absolute atomic E-state index is 12.4. The van der Waals surface area contributed by atoms with Gasteiger partial charge >= 0.3 is 12.2 Å². The summed E-state index contributed by atoms with van der Waals surface area (Å²) in [7, 11) is 0. The summed E-state index contributed by atoms with van der Waals surface area (Å²) in [6.07, 6.45) is -4.48. The number of carbonyl (C=O) groups excluding carboxylic acids is 1. The van der Waals surface area contributed by atoms with Gasteiger partial charge in [-0.1, -0.05) is 12.1 Å². The second-order valence-corrected chi connectivity index (χ2v) is 2.66. The van der Waals surface area contributed by atoms with Gasteiger partial charge in [-0.3, -0.25) is 10.9 Å². The molecule has 0 atom stereocenters. The van der Waals surface area contributed by atoms with E-state index in [-0.39, 0.29) is 5.69 Å². The van der Waals surface area contributed by atoms with Gasteiger partial charge < -0.3 is 5.73 Å². The Balaban J connectivity index is 2.92. The van der Waals surface area contributed by atoms with Crippen LogP contribution in [0.3, 0.4) is 0 Å². The smallest absolute Gasteiger partial charge is 0.350 e.